The molecular formula is C13H20N2O4S2. The first-order valence-electron chi connectivity index (χ1n) is 6.95. The average molecular weight is 332 g/mol. The standard InChI is InChI=1S/C13H20N2O4S2/c1-3-12-14-11(9-20-12)8-19-13(16)10-5-4-6-15(7-10)21(2,17)18/h9-10H,3-8H2,1-2H3/t10-/m0/s1. The molecule has 0 radical (unpaired) electrons. The van der Waals surface area contributed by atoms with E-state index in [2.05, 4.69) is 4.98 Å². The molecule has 0 spiro atoms. The number of sulfonamides is 1. The number of aryl methyl sites for hydroxylation is 1. The Kier molecular flexibility index (Phi) is 5.34. The zero-order valence-electron chi connectivity index (χ0n) is 12.2. The largest absolute Gasteiger partial charge is 0.459 e. The lowest BCUT2D eigenvalue weighted by molar-refractivity contribution is -0.151. The van der Waals surface area contributed by atoms with Crippen LogP contribution < -0.4 is 0 Å². The Hall–Kier alpha value is -0.990. The smallest absolute Gasteiger partial charge is 0.310 e. The third-order valence-electron chi connectivity index (χ3n) is 3.45. The number of carbonyl (C=O) groups excluding carboxylic acids is 1. The molecule has 8 heteroatoms. The van der Waals surface area contributed by atoms with Gasteiger partial charge in [-0.3, -0.25) is 4.79 Å². The Morgan fingerprint density at radius 3 is 2.95 bits per heavy atom. The molecule has 0 unspecified atom stereocenters. The van der Waals surface area contributed by atoms with Gasteiger partial charge in [-0.1, -0.05) is 6.92 Å². The second-order valence-electron chi connectivity index (χ2n) is 5.15. The van der Waals surface area contributed by atoms with Crippen LogP contribution in [-0.2, 0) is 32.6 Å². The minimum absolute atomic E-state index is 0.157. The fourth-order valence-corrected chi connectivity index (χ4v) is 3.92. The van der Waals surface area contributed by atoms with Crippen molar-refractivity contribution in [3.63, 3.8) is 0 Å². The fraction of sp³-hybridized carbons (Fsp3) is 0.692. The maximum absolute atomic E-state index is 12.1. The summed E-state index contributed by atoms with van der Waals surface area (Å²) in [5.41, 5.74) is 0.751. The summed E-state index contributed by atoms with van der Waals surface area (Å²) in [6.07, 6.45) is 3.39. The number of esters is 1. The molecule has 1 saturated heterocycles. The Labute approximate surface area is 129 Å². The molecule has 118 valence electrons. The molecule has 6 nitrogen and oxygen atoms in total. The number of thiazole rings is 1. The van der Waals surface area contributed by atoms with E-state index in [0.29, 0.717) is 19.4 Å². The number of nitrogens with zero attached hydrogens (tertiary/aromatic N) is 2. The minimum atomic E-state index is -3.24. The normalized spacial score (nSPS) is 20.4. The third kappa shape index (κ3) is 4.49. The van der Waals surface area contributed by atoms with E-state index in [4.69, 9.17) is 4.74 Å². The number of hydrogen-bond donors (Lipinski definition) is 0. The van der Waals surface area contributed by atoms with Crippen LogP contribution in [0.2, 0.25) is 0 Å². The monoisotopic (exact) mass is 332 g/mol. The van der Waals surface area contributed by atoms with Gasteiger partial charge in [-0.25, -0.2) is 17.7 Å². The Morgan fingerprint density at radius 1 is 1.57 bits per heavy atom. The molecule has 0 bridgehead atoms. The topological polar surface area (TPSA) is 76.6 Å². The van der Waals surface area contributed by atoms with Crippen molar-refractivity contribution in [2.75, 3.05) is 19.3 Å². The van der Waals surface area contributed by atoms with Gasteiger partial charge in [0, 0.05) is 18.5 Å². The molecule has 2 heterocycles. The van der Waals surface area contributed by atoms with E-state index >= 15 is 0 Å². The summed E-state index contributed by atoms with van der Waals surface area (Å²) >= 11 is 1.55. The van der Waals surface area contributed by atoms with Crippen molar-refractivity contribution in [2.45, 2.75) is 32.8 Å². The van der Waals surface area contributed by atoms with Gasteiger partial charge in [0.2, 0.25) is 10.0 Å². The van der Waals surface area contributed by atoms with E-state index in [0.717, 1.165) is 17.1 Å². The predicted molar refractivity (Wildman–Crippen MR) is 80.4 cm³/mol. The van der Waals surface area contributed by atoms with Gasteiger partial charge in [0.15, 0.2) is 0 Å². The van der Waals surface area contributed by atoms with E-state index in [1.54, 1.807) is 11.3 Å². The second-order valence-corrected chi connectivity index (χ2v) is 8.08. The highest BCUT2D eigenvalue weighted by Gasteiger charge is 2.31. The SMILES string of the molecule is CCc1nc(COC(=O)[C@H]2CCCN(S(C)(=O)=O)C2)cs1. The molecule has 0 saturated carbocycles. The van der Waals surface area contributed by atoms with Crippen molar-refractivity contribution in [1.29, 1.82) is 0 Å². The van der Waals surface area contributed by atoms with Crippen molar-refractivity contribution in [3.8, 4) is 0 Å². The first-order valence-corrected chi connectivity index (χ1v) is 9.68. The molecule has 1 fully saturated rings. The highest BCUT2D eigenvalue weighted by molar-refractivity contribution is 7.88. The van der Waals surface area contributed by atoms with E-state index in [1.165, 1.54) is 10.6 Å². The van der Waals surface area contributed by atoms with Gasteiger partial charge in [-0.2, -0.15) is 0 Å². The van der Waals surface area contributed by atoms with Crippen LogP contribution in [0.5, 0.6) is 0 Å². The van der Waals surface area contributed by atoms with Gasteiger partial charge in [0.05, 0.1) is 22.9 Å². The second kappa shape index (κ2) is 6.85. The average Bonchev–Trinajstić information content (AvgIpc) is 2.92. The zero-order valence-corrected chi connectivity index (χ0v) is 13.9. The Bertz CT molecular complexity index is 597. The van der Waals surface area contributed by atoms with E-state index in [9.17, 15) is 13.2 Å². The van der Waals surface area contributed by atoms with Crippen molar-refractivity contribution in [2.24, 2.45) is 5.92 Å². The first kappa shape index (κ1) is 16.4. The van der Waals surface area contributed by atoms with Gasteiger partial charge in [0.25, 0.3) is 0 Å². The van der Waals surface area contributed by atoms with Gasteiger partial charge < -0.3 is 4.74 Å². The van der Waals surface area contributed by atoms with Crippen molar-refractivity contribution < 1.29 is 17.9 Å². The number of hydrogen-bond acceptors (Lipinski definition) is 6. The first-order chi connectivity index (χ1) is 9.90. The molecule has 1 aromatic rings. The van der Waals surface area contributed by atoms with Gasteiger partial charge in [-0.05, 0) is 19.3 Å². The maximum Gasteiger partial charge on any atom is 0.310 e. The lowest BCUT2D eigenvalue weighted by Crippen LogP contribution is -2.42. The molecule has 1 aliphatic heterocycles. The van der Waals surface area contributed by atoms with Gasteiger partial charge >= 0.3 is 5.97 Å². The summed E-state index contributed by atoms with van der Waals surface area (Å²) in [5.74, 6) is -0.716. The van der Waals surface area contributed by atoms with Crippen LogP contribution in [0, 0.1) is 5.92 Å². The van der Waals surface area contributed by atoms with Crippen LogP contribution in [-0.4, -0.2) is 43.0 Å². The van der Waals surface area contributed by atoms with Crippen LogP contribution in [0.4, 0.5) is 0 Å². The van der Waals surface area contributed by atoms with E-state index < -0.39 is 10.0 Å². The van der Waals surface area contributed by atoms with Crippen LogP contribution in [0.3, 0.4) is 0 Å². The Morgan fingerprint density at radius 2 is 2.33 bits per heavy atom. The molecule has 1 aromatic heterocycles. The van der Waals surface area contributed by atoms with Crippen molar-refractivity contribution >= 4 is 27.3 Å². The highest BCUT2D eigenvalue weighted by Crippen LogP contribution is 2.20. The van der Waals surface area contributed by atoms with Crippen molar-refractivity contribution in [3.05, 3.63) is 16.1 Å². The highest BCUT2D eigenvalue weighted by atomic mass is 32.2. The quantitative estimate of drug-likeness (QED) is 0.762. The van der Waals surface area contributed by atoms with Gasteiger partial charge in [-0.15, -0.1) is 11.3 Å². The number of aromatic nitrogens is 1. The molecule has 0 N–H and O–H groups in total. The molecule has 1 atom stereocenters. The maximum atomic E-state index is 12.1. The third-order valence-corrected chi connectivity index (χ3v) is 5.76. The minimum Gasteiger partial charge on any atom is -0.459 e. The van der Waals surface area contributed by atoms with Crippen LogP contribution >= 0.6 is 11.3 Å². The molecule has 0 aliphatic carbocycles. The molecule has 0 aromatic carbocycles. The number of ether oxygens (including phenoxy) is 1. The molecular weight excluding hydrogens is 312 g/mol. The lowest BCUT2D eigenvalue weighted by atomic mass is 10.00. The van der Waals surface area contributed by atoms with E-state index in [-0.39, 0.29) is 25.0 Å². The molecule has 2 rings (SSSR count). The molecule has 0 amide bonds. The fourth-order valence-electron chi connectivity index (χ4n) is 2.28. The van der Waals surface area contributed by atoms with Crippen LogP contribution in [0.1, 0.15) is 30.5 Å². The summed E-state index contributed by atoms with van der Waals surface area (Å²) in [7, 11) is -3.24. The number of carbonyl (C=O) groups is 1. The summed E-state index contributed by atoms with van der Waals surface area (Å²) < 4.78 is 29.7. The summed E-state index contributed by atoms with van der Waals surface area (Å²) in [4.78, 5) is 16.4. The van der Waals surface area contributed by atoms with E-state index in [1.807, 2.05) is 12.3 Å². The van der Waals surface area contributed by atoms with Crippen LogP contribution in [0.25, 0.3) is 0 Å². The molecule has 1 aliphatic rings. The van der Waals surface area contributed by atoms with Gasteiger partial charge in [0.1, 0.15) is 6.61 Å². The number of rotatable bonds is 5. The molecule has 21 heavy (non-hydrogen) atoms. The number of piperidine rings is 1. The summed E-state index contributed by atoms with van der Waals surface area (Å²) in [5, 5.41) is 2.90. The van der Waals surface area contributed by atoms with Crippen LogP contribution in [0.15, 0.2) is 5.38 Å². The predicted octanol–water partition coefficient (Wildman–Crippen LogP) is 1.42. The summed E-state index contributed by atoms with van der Waals surface area (Å²) in [6.45, 7) is 2.88. The lowest BCUT2D eigenvalue weighted by Gasteiger charge is -2.29. The van der Waals surface area contributed by atoms with Crippen molar-refractivity contribution in [1.82, 2.24) is 9.29 Å². The zero-order chi connectivity index (χ0) is 15.5. The Balaban J connectivity index is 1.88. The summed E-state index contributed by atoms with van der Waals surface area (Å²) in [6, 6.07) is 0.